The average molecular weight is 324 g/mol. The lowest BCUT2D eigenvalue weighted by molar-refractivity contribution is 0.261. The van der Waals surface area contributed by atoms with Crippen molar-refractivity contribution in [3.63, 3.8) is 0 Å². The third-order valence-electron chi connectivity index (χ3n) is 4.04. The molecule has 1 saturated carbocycles. The van der Waals surface area contributed by atoms with Crippen LogP contribution < -0.4 is 4.72 Å². The maximum atomic E-state index is 12.4. The van der Waals surface area contributed by atoms with Crippen LogP contribution in [0.25, 0.3) is 0 Å². The summed E-state index contributed by atoms with van der Waals surface area (Å²) in [5.41, 5.74) is -1.02. The molecule has 1 N–H and O–H groups in total. The van der Waals surface area contributed by atoms with E-state index in [0.29, 0.717) is 18.6 Å². The summed E-state index contributed by atoms with van der Waals surface area (Å²) in [4.78, 5) is 0. The predicted molar refractivity (Wildman–Crippen MR) is 84.5 cm³/mol. The van der Waals surface area contributed by atoms with Crippen LogP contribution in [-0.2, 0) is 16.4 Å². The van der Waals surface area contributed by atoms with Gasteiger partial charge >= 0.3 is 0 Å². The van der Waals surface area contributed by atoms with Crippen LogP contribution in [-0.4, -0.2) is 14.2 Å². The van der Waals surface area contributed by atoms with Gasteiger partial charge < -0.3 is 4.42 Å². The Bertz CT molecular complexity index is 673. The van der Waals surface area contributed by atoms with Gasteiger partial charge in [0, 0.05) is 6.42 Å². The van der Waals surface area contributed by atoms with E-state index in [-0.39, 0.29) is 11.2 Å². The number of nitrogens with one attached hydrogen (secondary N) is 1. The molecule has 0 aromatic carbocycles. The normalized spacial score (nSPS) is 18.7. The fourth-order valence-corrected chi connectivity index (χ4v) is 4.42. The maximum absolute atomic E-state index is 12.4. The molecule has 1 aliphatic rings. The van der Waals surface area contributed by atoms with Gasteiger partial charge in [0.05, 0.1) is 23.3 Å². The van der Waals surface area contributed by atoms with Crippen LogP contribution in [0.4, 0.5) is 0 Å². The van der Waals surface area contributed by atoms with E-state index in [0.717, 1.165) is 12.2 Å². The van der Waals surface area contributed by atoms with Crippen LogP contribution in [0.3, 0.4) is 0 Å². The fourth-order valence-electron chi connectivity index (χ4n) is 2.43. The van der Waals surface area contributed by atoms with E-state index in [9.17, 15) is 8.42 Å². The minimum absolute atomic E-state index is 0.135. The Morgan fingerprint density at radius 1 is 1.41 bits per heavy atom. The predicted octanol–water partition coefficient (Wildman–Crippen LogP) is 3.15. The molecule has 22 heavy (non-hydrogen) atoms. The zero-order valence-corrected chi connectivity index (χ0v) is 14.5. The van der Waals surface area contributed by atoms with Gasteiger partial charge in [0.2, 0.25) is 10.0 Å². The number of furan rings is 1. The summed E-state index contributed by atoms with van der Waals surface area (Å²) in [7, 11) is -3.55. The summed E-state index contributed by atoms with van der Waals surface area (Å²) < 4.78 is 33.4. The van der Waals surface area contributed by atoms with E-state index in [1.165, 1.54) is 0 Å². The van der Waals surface area contributed by atoms with E-state index in [4.69, 9.17) is 9.68 Å². The van der Waals surface area contributed by atoms with Gasteiger partial charge in [0.1, 0.15) is 11.5 Å². The molecule has 0 aliphatic heterocycles. The molecular formula is C16H24N2O3S. The van der Waals surface area contributed by atoms with Gasteiger partial charge in [-0.3, -0.25) is 0 Å². The number of aryl methyl sites for hydroxylation is 1. The third kappa shape index (κ3) is 3.90. The second kappa shape index (κ2) is 5.71. The summed E-state index contributed by atoms with van der Waals surface area (Å²) in [6.07, 6.45) is 2.08. The highest BCUT2D eigenvalue weighted by molar-refractivity contribution is 7.89. The van der Waals surface area contributed by atoms with Crippen LogP contribution in [0.1, 0.15) is 58.1 Å². The molecular weight excluding hydrogens is 300 g/mol. The molecule has 0 radical (unpaired) electrons. The monoisotopic (exact) mass is 324 g/mol. The number of rotatable bonds is 6. The van der Waals surface area contributed by atoms with Crippen molar-refractivity contribution in [1.82, 2.24) is 4.72 Å². The number of hydrogen-bond acceptors (Lipinski definition) is 4. The molecule has 1 unspecified atom stereocenters. The summed E-state index contributed by atoms with van der Waals surface area (Å²) in [5, 5.41) is 9.11. The molecule has 2 rings (SSSR count). The SMILES string of the molecule is CCc1ccc(C(NS(=O)(=O)CC2(C#N)CC2)C(C)(C)C)o1. The highest BCUT2D eigenvalue weighted by atomic mass is 32.2. The standard InChI is InChI=1S/C16H24N2O3S/c1-5-12-6-7-13(21-12)14(15(2,3)4)18-22(19,20)11-16(10-17)8-9-16/h6-7,14,18H,5,8-9,11H2,1-4H3. The number of sulfonamides is 1. The molecule has 122 valence electrons. The molecule has 6 heteroatoms. The van der Waals surface area contributed by atoms with Crippen molar-refractivity contribution in [2.75, 3.05) is 5.75 Å². The Labute approximate surface area is 132 Å². The molecule has 0 amide bonds. The van der Waals surface area contributed by atoms with Crippen molar-refractivity contribution in [3.05, 3.63) is 23.7 Å². The van der Waals surface area contributed by atoms with Crippen LogP contribution >= 0.6 is 0 Å². The second-order valence-electron chi connectivity index (χ2n) is 7.23. The Kier molecular flexibility index (Phi) is 4.42. The van der Waals surface area contributed by atoms with Crippen LogP contribution in [0.5, 0.6) is 0 Å². The van der Waals surface area contributed by atoms with Crippen molar-refractivity contribution in [3.8, 4) is 6.07 Å². The summed E-state index contributed by atoms with van der Waals surface area (Å²) in [5.74, 6) is 1.32. The molecule has 0 spiro atoms. The van der Waals surface area contributed by atoms with Gasteiger partial charge in [0.15, 0.2) is 0 Å². The third-order valence-corrected chi connectivity index (χ3v) is 5.56. The smallest absolute Gasteiger partial charge is 0.213 e. The molecule has 0 saturated heterocycles. The first-order chi connectivity index (χ1) is 10.1. The molecule has 1 aliphatic carbocycles. The van der Waals surface area contributed by atoms with E-state index in [1.54, 1.807) is 0 Å². The molecule has 1 fully saturated rings. The first-order valence-electron chi connectivity index (χ1n) is 7.61. The highest BCUT2D eigenvalue weighted by Crippen LogP contribution is 2.46. The van der Waals surface area contributed by atoms with Gasteiger partial charge in [-0.05, 0) is 30.4 Å². The van der Waals surface area contributed by atoms with E-state index >= 15 is 0 Å². The van der Waals surface area contributed by atoms with Gasteiger partial charge in [-0.25, -0.2) is 13.1 Å². The summed E-state index contributed by atoms with van der Waals surface area (Å²) in [6, 6.07) is 5.38. The van der Waals surface area contributed by atoms with E-state index in [1.807, 2.05) is 39.8 Å². The lowest BCUT2D eigenvalue weighted by Crippen LogP contribution is -2.39. The molecule has 1 aromatic heterocycles. The largest absolute Gasteiger partial charge is 0.464 e. The highest BCUT2D eigenvalue weighted by Gasteiger charge is 2.47. The quantitative estimate of drug-likeness (QED) is 0.871. The molecule has 0 bridgehead atoms. The van der Waals surface area contributed by atoms with Crippen molar-refractivity contribution < 1.29 is 12.8 Å². The van der Waals surface area contributed by atoms with Gasteiger partial charge in [-0.15, -0.1) is 0 Å². The number of nitrogens with zero attached hydrogens (tertiary/aromatic N) is 1. The fraction of sp³-hybridized carbons (Fsp3) is 0.688. The van der Waals surface area contributed by atoms with Crippen LogP contribution in [0.15, 0.2) is 16.5 Å². The van der Waals surface area contributed by atoms with Crippen molar-refractivity contribution in [2.45, 2.75) is 53.0 Å². The van der Waals surface area contributed by atoms with E-state index < -0.39 is 21.5 Å². The lowest BCUT2D eigenvalue weighted by Gasteiger charge is -2.30. The Balaban J connectivity index is 2.22. The molecule has 1 heterocycles. The Morgan fingerprint density at radius 3 is 2.45 bits per heavy atom. The average Bonchev–Trinajstić information content (AvgIpc) is 3.01. The number of hydrogen-bond donors (Lipinski definition) is 1. The van der Waals surface area contributed by atoms with Crippen molar-refractivity contribution >= 4 is 10.0 Å². The summed E-state index contributed by atoms with van der Waals surface area (Å²) in [6.45, 7) is 7.88. The topological polar surface area (TPSA) is 83.1 Å². The second-order valence-corrected chi connectivity index (χ2v) is 8.98. The molecule has 1 aromatic rings. The molecule has 5 nitrogen and oxygen atoms in total. The molecule has 1 atom stereocenters. The van der Waals surface area contributed by atoms with Crippen molar-refractivity contribution in [1.29, 1.82) is 5.26 Å². The minimum Gasteiger partial charge on any atom is -0.464 e. The van der Waals surface area contributed by atoms with Crippen LogP contribution in [0, 0.1) is 22.2 Å². The lowest BCUT2D eigenvalue weighted by atomic mass is 9.86. The Morgan fingerprint density at radius 2 is 2.05 bits per heavy atom. The Hall–Kier alpha value is -1.32. The minimum atomic E-state index is -3.55. The first-order valence-corrected chi connectivity index (χ1v) is 9.26. The van der Waals surface area contributed by atoms with Gasteiger partial charge in [-0.2, -0.15) is 5.26 Å². The van der Waals surface area contributed by atoms with Crippen LogP contribution in [0.2, 0.25) is 0 Å². The number of nitriles is 1. The van der Waals surface area contributed by atoms with Gasteiger partial charge in [-0.1, -0.05) is 27.7 Å². The first kappa shape index (κ1) is 17.0. The van der Waals surface area contributed by atoms with Crippen molar-refractivity contribution in [2.24, 2.45) is 10.8 Å². The maximum Gasteiger partial charge on any atom is 0.213 e. The zero-order valence-electron chi connectivity index (χ0n) is 13.6. The van der Waals surface area contributed by atoms with E-state index in [2.05, 4.69) is 10.8 Å². The zero-order chi connectivity index (χ0) is 16.6. The summed E-state index contributed by atoms with van der Waals surface area (Å²) >= 11 is 0. The van der Waals surface area contributed by atoms with Gasteiger partial charge in [0.25, 0.3) is 0 Å².